The molecule has 0 unspecified atom stereocenters. The van der Waals surface area contributed by atoms with Crippen molar-refractivity contribution in [2.45, 2.75) is 31.7 Å². The topological polar surface area (TPSA) is 64.8 Å². The van der Waals surface area contributed by atoms with E-state index < -0.39 is 0 Å². The van der Waals surface area contributed by atoms with Crippen LogP contribution in [0.3, 0.4) is 0 Å². The van der Waals surface area contributed by atoms with Gasteiger partial charge in [-0.05, 0) is 43.5 Å². The van der Waals surface area contributed by atoms with Crippen LogP contribution < -0.4 is 15.2 Å². The number of carbonyl (C=O) groups excluding carboxylic acids is 1. The maximum Gasteiger partial charge on any atom is 0.222 e. The van der Waals surface area contributed by atoms with Gasteiger partial charge in [0.2, 0.25) is 5.91 Å². The Bertz CT molecular complexity index is 445. The fraction of sp³-hybridized carbons (Fsp3) is 0.562. The summed E-state index contributed by atoms with van der Waals surface area (Å²) in [5.41, 5.74) is 5.84. The van der Waals surface area contributed by atoms with Gasteiger partial charge in [0.1, 0.15) is 11.5 Å². The molecule has 5 nitrogen and oxygen atoms in total. The van der Waals surface area contributed by atoms with Gasteiger partial charge >= 0.3 is 0 Å². The van der Waals surface area contributed by atoms with Crippen LogP contribution in [0, 0.1) is 0 Å². The van der Waals surface area contributed by atoms with Crippen LogP contribution in [0.4, 0.5) is 0 Å². The second kappa shape index (κ2) is 9.54. The molecule has 0 atom stereocenters. The molecule has 22 heavy (non-hydrogen) atoms. The minimum Gasteiger partial charge on any atom is -0.497 e. The van der Waals surface area contributed by atoms with Crippen molar-refractivity contribution in [1.82, 2.24) is 4.90 Å². The van der Waals surface area contributed by atoms with Crippen molar-refractivity contribution < 1.29 is 14.3 Å². The van der Waals surface area contributed by atoms with Crippen LogP contribution in [-0.2, 0) is 4.79 Å². The van der Waals surface area contributed by atoms with Gasteiger partial charge in [0.15, 0.2) is 0 Å². The number of benzene rings is 1. The molecule has 0 aliphatic carbocycles. The largest absolute Gasteiger partial charge is 0.497 e. The summed E-state index contributed by atoms with van der Waals surface area (Å²) in [4.78, 5) is 13.9. The van der Waals surface area contributed by atoms with E-state index >= 15 is 0 Å². The Balaban J connectivity index is 0.00000242. The lowest BCUT2D eigenvalue weighted by Crippen LogP contribution is -2.42. The van der Waals surface area contributed by atoms with Gasteiger partial charge in [-0.15, -0.1) is 12.4 Å². The zero-order valence-electron chi connectivity index (χ0n) is 13.0. The Morgan fingerprint density at radius 1 is 1.23 bits per heavy atom. The van der Waals surface area contributed by atoms with Crippen molar-refractivity contribution in [3.05, 3.63) is 24.3 Å². The van der Waals surface area contributed by atoms with Crippen molar-refractivity contribution in [3.63, 3.8) is 0 Å². The second-order valence-corrected chi connectivity index (χ2v) is 5.35. The summed E-state index contributed by atoms with van der Waals surface area (Å²) in [5.74, 6) is 1.81. The van der Waals surface area contributed by atoms with Gasteiger partial charge in [-0.25, -0.2) is 0 Å². The van der Waals surface area contributed by atoms with Crippen LogP contribution in [0.5, 0.6) is 11.5 Å². The number of ether oxygens (including phenoxy) is 2. The number of nitrogens with two attached hydrogens (primary N) is 1. The lowest BCUT2D eigenvalue weighted by molar-refractivity contribution is -0.132. The highest BCUT2D eigenvalue weighted by molar-refractivity contribution is 5.85. The fourth-order valence-corrected chi connectivity index (χ4v) is 2.39. The molecule has 1 saturated heterocycles. The van der Waals surface area contributed by atoms with Crippen molar-refractivity contribution in [2.75, 3.05) is 26.8 Å². The van der Waals surface area contributed by atoms with Gasteiger partial charge in [-0.3, -0.25) is 4.79 Å². The summed E-state index contributed by atoms with van der Waals surface area (Å²) in [5, 5.41) is 0. The van der Waals surface area contributed by atoms with Crippen molar-refractivity contribution in [3.8, 4) is 11.5 Å². The van der Waals surface area contributed by atoms with E-state index in [1.807, 2.05) is 29.2 Å². The molecular weight excluding hydrogens is 304 g/mol. The van der Waals surface area contributed by atoms with E-state index in [1.165, 1.54) is 0 Å². The molecule has 0 aromatic heterocycles. The predicted octanol–water partition coefficient (Wildman–Crippen LogP) is 2.23. The molecule has 1 aliphatic heterocycles. The number of hydrogen-bond acceptors (Lipinski definition) is 4. The molecule has 0 saturated carbocycles. The van der Waals surface area contributed by atoms with Gasteiger partial charge in [0.05, 0.1) is 13.7 Å². The zero-order valence-corrected chi connectivity index (χ0v) is 13.8. The highest BCUT2D eigenvalue weighted by Gasteiger charge is 2.19. The van der Waals surface area contributed by atoms with Gasteiger partial charge in [0.25, 0.3) is 0 Å². The van der Waals surface area contributed by atoms with Crippen LogP contribution in [0.1, 0.15) is 25.7 Å². The van der Waals surface area contributed by atoms with Crippen LogP contribution in [0.15, 0.2) is 24.3 Å². The quantitative estimate of drug-likeness (QED) is 0.813. The van der Waals surface area contributed by atoms with Gasteiger partial charge in [-0.2, -0.15) is 0 Å². The molecule has 0 spiro atoms. The molecule has 1 amide bonds. The summed E-state index contributed by atoms with van der Waals surface area (Å²) in [7, 11) is 1.63. The van der Waals surface area contributed by atoms with E-state index in [2.05, 4.69) is 0 Å². The van der Waals surface area contributed by atoms with E-state index in [0.29, 0.717) is 13.0 Å². The molecule has 1 fully saturated rings. The molecule has 124 valence electrons. The average molecular weight is 329 g/mol. The first-order chi connectivity index (χ1) is 10.2. The van der Waals surface area contributed by atoms with E-state index in [1.54, 1.807) is 7.11 Å². The molecule has 1 aromatic rings. The van der Waals surface area contributed by atoms with Crippen LogP contribution in [0.25, 0.3) is 0 Å². The molecule has 6 heteroatoms. The zero-order chi connectivity index (χ0) is 15.1. The Hall–Kier alpha value is -1.46. The molecular formula is C16H25ClN2O3. The number of nitrogens with zero attached hydrogens (tertiary/aromatic N) is 1. The van der Waals surface area contributed by atoms with Crippen molar-refractivity contribution in [1.29, 1.82) is 0 Å². The minimum absolute atomic E-state index is 0. The summed E-state index contributed by atoms with van der Waals surface area (Å²) < 4.78 is 10.7. The van der Waals surface area contributed by atoms with Crippen LogP contribution in [-0.4, -0.2) is 43.7 Å². The number of halogens is 1. The number of rotatable bonds is 6. The lowest BCUT2D eigenvalue weighted by atomic mass is 10.1. The molecule has 1 aromatic carbocycles. The SMILES string of the molecule is COc1ccc(OCCCC(=O)N2CCC(N)CC2)cc1.Cl. The van der Waals surface area contributed by atoms with Crippen molar-refractivity contribution in [2.24, 2.45) is 5.73 Å². The first kappa shape index (κ1) is 18.6. The lowest BCUT2D eigenvalue weighted by Gasteiger charge is -2.30. The van der Waals surface area contributed by atoms with Crippen LogP contribution in [0.2, 0.25) is 0 Å². The van der Waals surface area contributed by atoms with E-state index in [9.17, 15) is 4.79 Å². The van der Waals surface area contributed by atoms with Crippen LogP contribution >= 0.6 is 12.4 Å². The Morgan fingerprint density at radius 3 is 2.41 bits per heavy atom. The third-order valence-corrected chi connectivity index (χ3v) is 3.76. The Morgan fingerprint density at radius 2 is 1.82 bits per heavy atom. The molecule has 2 rings (SSSR count). The number of amides is 1. The number of carbonyl (C=O) groups is 1. The maximum absolute atomic E-state index is 12.0. The van der Waals surface area contributed by atoms with Crippen molar-refractivity contribution >= 4 is 18.3 Å². The van der Waals surface area contributed by atoms with E-state index in [-0.39, 0.29) is 24.4 Å². The standard InChI is InChI=1S/C16H24N2O3.ClH/c1-20-14-4-6-15(7-5-14)21-12-2-3-16(19)18-10-8-13(17)9-11-18;/h4-7,13H,2-3,8-12,17H2,1H3;1H. The third kappa shape index (κ3) is 5.73. The minimum atomic E-state index is 0. The Kier molecular flexibility index (Phi) is 8.06. The van der Waals surface area contributed by atoms with Gasteiger partial charge in [-0.1, -0.05) is 0 Å². The average Bonchev–Trinajstić information content (AvgIpc) is 2.52. The summed E-state index contributed by atoms with van der Waals surface area (Å²) in [6.45, 7) is 2.13. The summed E-state index contributed by atoms with van der Waals surface area (Å²) in [6, 6.07) is 7.71. The van der Waals surface area contributed by atoms with Gasteiger partial charge in [0, 0.05) is 25.6 Å². The third-order valence-electron chi connectivity index (χ3n) is 3.76. The van der Waals surface area contributed by atoms with E-state index in [0.717, 1.165) is 43.9 Å². The first-order valence-corrected chi connectivity index (χ1v) is 7.49. The monoisotopic (exact) mass is 328 g/mol. The molecule has 1 aliphatic rings. The number of piperidine rings is 1. The molecule has 0 radical (unpaired) electrons. The maximum atomic E-state index is 12.0. The van der Waals surface area contributed by atoms with Gasteiger partial charge < -0.3 is 20.1 Å². The number of likely N-dealkylation sites (tertiary alicyclic amines) is 1. The second-order valence-electron chi connectivity index (χ2n) is 5.35. The smallest absolute Gasteiger partial charge is 0.222 e. The molecule has 0 bridgehead atoms. The summed E-state index contributed by atoms with van der Waals surface area (Å²) in [6.07, 6.45) is 3.08. The highest BCUT2D eigenvalue weighted by atomic mass is 35.5. The normalized spacial score (nSPS) is 15.1. The van der Waals surface area contributed by atoms with E-state index in [4.69, 9.17) is 15.2 Å². The fourth-order valence-electron chi connectivity index (χ4n) is 2.39. The molecule has 1 heterocycles. The Labute approximate surface area is 138 Å². The number of methoxy groups -OCH3 is 1. The highest BCUT2D eigenvalue weighted by Crippen LogP contribution is 2.17. The first-order valence-electron chi connectivity index (χ1n) is 7.49. The number of hydrogen-bond donors (Lipinski definition) is 1. The summed E-state index contributed by atoms with van der Waals surface area (Å²) >= 11 is 0. The molecule has 2 N–H and O–H groups in total. The predicted molar refractivity (Wildman–Crippen MR) is 88.8 cm³/mol.